The Bertz CT molecular complexity index is 532. The molecule has 0 bridgehead atoms. The molecule has 0 amide bonds. The number of H-pyrrole nitrogens is 1. The lowest BCUT2D eigenvalue weighted by Crippen LogP contribution is -2.14. The molecule has 0 spiro atoms. The third kappa shape index (κ3) is 1.85. The minimum Gasteiger partial charge on any atom is -0.418 e. The summed E-state index contributed by atoms with van der Waals surface area (Å²) < 4.78 is 4.78. The number of aromatic nitrogens is 1. The standard InChI is InChI=1S/C10H6ClNO3/c11-9(13)10(14)15-8-5-12-7-4-2-1-3-6(7)8/h1-5,12H. The molecule has 0 radical (unpaired) electrons. The summed E-state index contributed by atoms with van der Waals surface area (Å²) in [4.78, 5) is 24.3. The molecule has 5 heteroatoms. The monoisotopic (exact) mass is 223 g/mol. The van der Waals surface area contributed by atoms with E-state index in [0.29, 0.717) is 5.75 Å². The lowest BCUT2D eigenvalue weighted by molar-refractivity contribution is -0.143. The van der Waals surface area contributed by atoms with E-state index in [4.69, 9.17) is 16.3 Å². The van der Waals surface area contributed by atoms with Gasteiger partial charge in [0.15, 0.2) is 5.75 Å². The van der Waals surface area contributed by atoms with E-state index >= 15 is 0 Å². The number of ether oxygens (including phenoxy) is 1. The first-order chi connectivity index (χ1) is 7.18. The Balaban J connectivity index is 2.37. The number of nitrogens with one attached hydrogen (secondary N) is 1. The van der Waals surface area contributed by atoms with Gasteiger partial charge in [0.25, 0.3) is 0 Å². The van der Waals surface area contributed by atoms with E-state index in [0.717, 1.165) is 10.9 Å². The van der Waals surface area contributed by atoms with Crippen LogP contribution in [0.25, 0.3) is 10.9 Å². The average Bonchev–Trinajstić information content (AvgIpc) is 2.62. The van der Waals surface area contributed by atoms with Crippen molar-refractivity contribution in [1.82, 2.24) is 4.98 Å². The van der Waals surface area contributed by atoms with Crippen molar-refractivity contribution in [2.75, 3.05) is 0 Å². The largest absolute Gasteiger partial charge is 0.418 e. The summed E-state index contributed by atoms with van der Waals surface area (Å²) in [6, 6.07) is 7.25. The average molecular weight is 224 g/mol. The number of carbonyl (C=O) groups is 2. The molecule has 0 saturated carbocycles. The van der Waals surface area contributed by atoms with Crippen LogP contribution in [-0.4, -0.2) is 16.2 Å². The van der Waals surface area contributed by atoms with Crippen LogP contribution in [0.3, 0.4) is 0 Å². The summed E-state index contributed by atoms with van der Waals surface area (Å²) >= 11 is 4.97. The van der Waals surface area contributed by atoms with Crippen molar-refractivity contribution < 1.29 is 14.3 Å². The second-order valence-electron chi connectivity index (χ2n) is 2.86. The Morgan fingerprint density at radius 1 is 1.27 bits per heavy atom. The van der Waals surface area contributed by atoms with Gasteiger partial charge in [-0.3, -0.25) is 4.79 Å². The number of hydrogen-bond acceptors (Lipinski definition) is 3. The number of para-hydroxylation sites is 1. The van der Waals surface area contributed by atoms with Gasteiger partial charge < -0.3 is 9.72 Å². The van der Waals surface area contributed by atoms with Crippen LogP contribution in [0.5, 0.6) is 5.75 Å². The number of fused-ring (bicyclic) bond motifs is 1. The highest BCUT2D eigenvalue weighted by Gasteiger charge is 2.15. The van der Waals surface area contributed by atoms with Gasteiger partial charge in [0.2, 0.25) is 0 Å². The highest BCUT2D eigenvalue weighted by Crippen LogP contribution is 2.24. The fourth-order valence-electron chi connectivity index (χ4n) is 1.27. The molecule has 0 atom stereocenters. The molecule has 15 heavy (non-hydrogen) atoms. The quantitative estimate of drug-likeness (QED) is 0.480. The topological polar surface area (TPSA) is 59.2 Å². The minimum atomic E-state index is -1.14. The maximum atomic E-state index is 10.9. The first-order valence-electron chi connectivity index (χ1n) is 4.16. The predicted molar refractivity (Wildman–Crippen MR) is 54.8 cm³/mol. The third-order valence-corrected chi connectivity index (χ3v) is 2.07. The highest BCUT2D eigenvalue weighted by molar-refractivity contribution is 6.80. The molecule has 1 N–H and O–H groups in total. The molecule has 0 saturated heterocycles. The first-order valence-corrected chi connectivity index (χ1v) is 4.54. The van der Waals surface area contributed by atoms with E-state index in [2.05, 4.69) is 4.98 Å². The van der Waals surface area contributed by atoms with Crippen LogP contribution in [0.1, 0.15) is 0 Å². The SMILES string of the molecule is O=C(Cl)C(=O)Oc1c[nH]c2ccccc12. The zero-order valence-corrected chi connectivity index (χ0v) is 8.25. The van der Waals surface area contributed by atoms with Gasteiger partial charge in [-0.15, -0.1) is 0 Å². The van der Waals surface area contributed by atoms with Gasteiger partial charge >= 0.3 is 11.2 Å². The Hall–Kier alpha value is -1.81. The fourth-order valence-corrected chi connectivity index (χ4v) is 1.31. The molecule has 76 valence electrons. The van der Waals surface area contributed by atoms with Crippen LogP contribution in [0, 0.1) is 0 Å². The van der Waals surface area contributed by atoms with Crippen LogP contribution in [0.4, 0.5) is 0 Å². The van der Waals surface area contributed by atoms with Crippen LogP contribution in [0.15, 0.2) is 30.5 Å². The fraction of sp³-hybridized carbons (Fsp3) is 0. The van der Waals surface area contributed by atoms with E-state index in [1.165, 1.54) is 6.20 Å². The third-order valence-electron chi connectivity index (χ3n) is 1.91. The van der Waals surface area contributed by atoms with Gasteiger partial charge in [-0.2, -0.15) is 0 Å². The van der Waals surface area contributed by atoms with Gasteiger partial charge in [0.1, 0.15) is 0 Å². The van der Waals surface area contributed by atoms with Crippen molar-refractivity contribution in [3.63, 3.8) is 0 Å². The van der Waals surface area contributed by atoms with Gasteiger partial charge in [-0.1, -0.05) is 12.1 Å². The highest BCUT2D eigenvalue weighted by atomic mass is 35.5. The molecule has 0 unspecified atom stereocenters. The number of rotatable bonds is 2. The number of esters is 1. The number of hydrogen-bond donors (Lipinski definition) is 1. The Labute approximate surface area is 89.8 Å². The number of carbonyl (C=O) groups excluding carboxylic acids is 2. The van der Waals surface area contributed by atoms with E-state index in [9.17, 15) is 9.59 Å². The van der Waals surface area contributed by atoms with Gasteiger partial charge in [0.05, 0.1) is 0 Å². The molecule has 0 fully saturated rings. The number of halogens is 1. The molecule has 0 aliphatic heterocycles. The molecule has 4 nitrogen and oxygen atoms in total. The molecule has 2 rings (SSSR count). The number of aromatic amines is 1. The van der Waals surface area contributed by atoms with E-state index < -0.39 is 11.2 Å². The van der Waals surface area contributed by atoms with Gasteiger partial charge in [0, 0.05) is 17.1 Å². The summed E-state index contributed by atoms with van der Waals surface area (Å²) in [5.41, 5.74) is 0.822. The smallest absolute Gasteiger partial charge is 0.396 e. The summed E-state index contributed by atoms with van der Waals surface area (Å²) in [5, 5.41) is -0.413. The van der Waals surface area contributed by atoms with E-state index in [1.807, 2.05) is 12.1 Å². The summed E-state index contributed by atoms with van der Waals surface area (Å²) in [6.45, 7) is 0. The maximum absolute atomic E-state index is 10.9. The van der Waals surface area contributed by atoms with Gasteiger partial charge in [-0.05, 0) is 23.7 Å². The second-order valence-corrected chi connectivity index (χ2v) is 3.21. The Morgan fingerprint density at radius 3 is 2.73 bits per heavy atom. The van der Waals surface area contributed by atoms with Crippen molar-refractivity contribution >= 4 is 33.7 Å². The van der Waals surface area contributed by atoms with Crippen LogP contribution >= 0.6 is 11.6 Å². The van der Waals surface area contributed by atoms with Crippen molar-refractivity contribution in [3.05, 3.63) is 30.5 Å². The second kappa shape index (κ2) is 3.74. The predicted octanol–water partition coefficient (Wildman–Crippen LogP) is 1.84. The van der Waals surface area contributed by atoms with E-state index in [1.54, 1.807) is 12.1 Å². The number of benzene rings is 1. The maximum Gasteiger partial charge on any atom is 0.396 e. The Kier molecular flexibility index (Phi) is 2.43. The molecule has 0 aliphatic rings. The summed E-state index contributed by atoms with van der Waals surface area (Å²) in [7, 11) is 0. The zero-order chi connectivity index (χ0) is 10.8. The molecule has 1 aromatic heterocycles. The van der Waals surface area contributed by atoms with Crippen LogP contribution in [-0.2, 0) is 9.59 Å². The lowest BCUT2D eigenvalue weighted by atomic mass is 10.2. The van der Waals surface area contributed by atoms with Crippen molar-refractivity contribution in [3.8, 4) is 5.75 Å². The minimum absolute atomic E-state index is 0.296. The van der Waals surface area contributed by atoms with E-state index in [-0.39, 0.29) is 0 Å². The molecule has 1 heterocycles. The molecule has 0 aliphatic carbocycles. The van der Waals surface area contributed by atoms with Gasteiger partial charge in [-0.25, -0.2) is 4.79 Å². The molecular formula is C10H6ClNO3. The first kappa shape index (κ1) is 9.73. The zero-order valence-electron chi connectivity index (χ0n) is 7.49. The molecular weight excluding hydrogens is 218 g/mol. The van der Waals surface area contributed by atoms with Crippen molar-refractivity contribution in [2.45, 2.75) is 0 Å². The molecule has 2 aromatic rings. The summed E-state index contributed by atoms with van der Waals surface area (Å²) in [5.74, 6) is -0.786. The summed E-state index contributed by atoms with van der Waals surface area (Å²) in [6.07, 6.45) is 1.50. The Morgan fingerprint density at radius 2 is 2.00 bits per heavy atom. The van der Waals surface area contributed by atoms with Crippen LogP contribution in [0.2, 0.25) is 0 Å². The van der Waals surface area contributed by atoms with Crippen LogP contribution < -0.4 is 4.74 Å². The normalized spacial score (nSPS) is 10.2. The lowest BCUT2D eigenvalue weighted by Gasteiger charge is -1.97. The van der Waals surface area contributed by atoms with Crippen molar-refractivity contribution in [1.29, 1.82) is 0 Å². The molecule has 1 aromatic carbocycles. The van der Waals surface area contributed by atoms with Crippen molar-refractivity contribution in [2.24, 2.45) is 0 Å².